The van der Waals surface area contributed by atoms with Crippen LogP contribution in [-0.2, 0) is 11.3 Å². The maximum Gasteiger partial charge on any atom is 0.255 e. The summed E-state index contributed by atoms with van der Waals surface area (Å²) in [5.41, 5.74) is 4.56. The Morgan fingerprint density at radius 2 is 2.05 bits per heavy atom. The summed E-state index contributed by atoms with van der Waals surface area (Å²) in [7, 11) is 1.64. The molecule has 0 atom stereocenters. The van der Waals surface area contributed by atoms with Crippen molar-refractivity contribution in [1.82, 2.24) is 4.98 Å². The fraction of sp³-hybridized carbons (Fsp3) is 0.167. The molecule has 1 heterocycles. The van der Waals surface area contributed by atoms with E-state index in [1.807, 2.05) is 43.3 Å². The van der Waals surface area contributed by atoms with Gasteiger partial charge in [-0.3, -0.25) is 4.79 Å². The standard InChI is InChI=1S/C18H18N2O2/c1-12-8-15-10-16(6-7-17(15)19-12)20-18(21)14-5-3-4-13(9-14)11-22-2/h3-10,19H,11H2,1-2H3,(H,20,21). The molecule has 0 aliphatic carbocycles. The third-order valence-corrected chi connectivity index (χ3v) is 3.51. The van der Waals surface area contributed by atoms with Gasteiger partial charge < -0.3 is 15.0 Å². The van der Waals surface area contributed by atoms with Gasteiger partial charge in [0.05, 0.1) is 6.61 Å². The number of fused-ring (bicyclic) bond motifs is 1. The lowest BCUT2D eigenvalue weighted by atomic mass is 10.1. The average Bonchev–Trinajstić information content (AvgIpc) is 2.87. The van der Waals surface area contributed by atoms with Crippen LogP contribution in [0.3, 0.4) is 0 Å². The summed E-state index contributed by atoms with van der Waals surface area (Å²) in [5, 5.41) is 4.02. The lowest BCUT2D eigenvalue weighted by Crippen LogP contribution is -2.12. The van der Waals surface area contributed by atoms with Crippen molar-refractivity contribution in [3.05, 3.63) is 65.4 Å². The van der Waals surface area contributed by atoms with Gasteiger partial charge in [-0.15, -0.1) is 0 Å². The van der Waals surface area contributed by atoms with Gasteiger partial charge in [0.15, 0.2) is 0 Å². The average molecular weight is 294 g/mol. The first-order valence-electron chi connectivity index (χ1n) is 7.14. The molecule has 0 saturated heterocycles. The van der Waals surface area contributed by atoms with E-state index in [2.05, 4.69) is 16.4 Å². The molecule has 3 rings (SSSR count). The molecule has 3 aromatic rings. The number of anilines is 1. The molecule has 0 saturated carbocycles. The summed E-state index contributed by atoms with van der Waals surface area (Å²) in [6.07, 6.45) is 0. The maximum atomic E-state index is 12.4. The van der Waals surface area contributed by atoms with Gasteiger partial charge in [0.2, 0.25) is 0 Å². The third kappa shape index (κ3) is 3.02. The SMILES string of the molecule is COCc1cccc(C(=O)Nc2ccc3[nH]c(C)cc3c2)c1. The molecule has 0 unspecified atom stereocenters. The van der Waals surface area contributed by atoms with Crippen LogP contribution < -0.4 is 5.32 Å². The number of hydrogen-bond acceptors (Lipinski definition) is 2. The number of benzene rings is 2. The second kappa shape index (κ2) is 6.03. The number of ether oxygens (including phenoxy) is 1. The summed E-state index contributed by atoms with van der Waals surface area (Å²) in [6, 6.07) is 15.3. The Morgan fingerprint density at radius 3 is 2.86 bits per heavy atom. The lowest BCUT2D eigenvalue weighted by Gasteiger charge is -2.07. The predicted octanol–water partition coefficient (Wildman–Crippen LogP) is 3.88. The zero-order chi connectivity index (χ0) is 15.5. The van der Waals surface area contributed by atoms with Gasteiger partial charge in [-0.05, 0) is 48.9 Å². The number of nitrogens with one attached hydrogen (secondary N) is 2. The lowest BCUT2D eigenvalue weighted by molar-refractivity contribution is 0.102. The van der Waals surface area contributed by atoms with E-state index in [1.54, 1.807) is 13.2 Å². The van der Waals surface area contributed by atoms with Crippen LogP contribution in [0.4, 0.5) is 5.69 Å². The summed E-state index contributed by atoms with van der Waals surface area (Å²) in [4.78, 5) is 15.6. The maximum absolute atomic E-state index is 12.4. The molecule has 4 nitrogen and oxygen atoms in total. The topological polar surface area (TPSA) is 54.1 Å². The quantitative estimate of drug-likeness (QED) is 0.767. The van der Waals surface area contributed by atoms with E-state index in [0.717, 1.165) is 27.8 Å². The highest BCUT2D eigenvalue weighted by molar-refractivity contribution is 6.05. The van der Waals surface area contributed by atoms with Gasteiger partial charge in [-0.2, -0.15) is 0 Å². The molecule has 1 aromatic heterocycles. The predicted molar refractivity (Wildman–Crippen MR) is 88.1 cm³/mol. The van der Waals surface area contributed by atoms with Crippen molar-refractivity contribution in [3.8, 4) is 0 Å². The van der Waals surface area contributed by atoms with Gasteiger partial charge in [0, 0.05) is 35.0 Å². The summed E-state index contributed by atoms with van der Waals surface area (Å²) in [5.74, 6) is -0.121. The van der Waals surface area contributed by atoms with E-state index in [0.29, 0.717) is 12.2 Å². The van der Waals surface area contributed by atoms with Gasteiger partial charge in [-0.1, -0.05) is 12.1 Å². The molecule has 2 N–H and O–H groups in total. The minimum absolute atomic E-state index is 0.121. The molecule has 0 aliphatic heterocycles. The number of hydrogen-bond donors (Lipinski definition) is 2. The van der Waals surface area contributed by atoms with Crippen molar-refractivity contribution in [3.63, 3.8) is 0 Å². The second-order valence-corrected chi connectivity index (χ2v) is 5.34. The van der Waals surface area contributed by atoms with Gasteiger partial charge in [0.25, 0.3) is 5.91 Å². The molecule has 0 fully saturated rings. The molecule has 0 aliphatic rings. The Balaban J connectivity index is 1.81. The molecule has 0 radical (unpaired) electrons. The number of methoxy groups -OCH3 is 1. The molecule has 0 spiro atoms. The van der Waals surface area contributed by atoms with E-state index in [-0.39, 0.29) is 5.91 Å². The molecule has 4 heteroatoms. The molecule has 2 aromatic carbocycles. The molecule has 112 valence electrons. The van der Waals surface area contributed by atoms with Crippen LogP contribution in [0.5, 0.6) is 0 Å². The van der Waals surface area contributed by atoms with Crippen LogP contribution in [0.1, 0.15) is 21.6 Å². The van der Waals surface area contributed by atoms with E-state index < -0.39 is 0 Å². The Kier molecular flexibility index (Phi) is 3.94. The van der Waals surface area contributed by atoms with Gasteiger partial charge >= 0.3 is 0 Å². The highest BCUT2D eigenvalue weighted by Gasteiger charge is 2.08. The number of carbonyl (C=O) groups is 1. The van der Waals surface area contributed by atoms with Gasteiger partial charge in [0.1, 0.15) is 0 Å². The Labute approximate surface area is 129 Å². The second-order valence-electron chi connectivity index (χ2n) is 5.34. The summed E-state index contributed by atoms with van der Waals surface area (Å²) < 4.78 is 5.10. The molecular weight excluding hydrogens is 276 g/mol. The summed E-state index contributed by atoms with van der Waals surface area (Å²) in [6.45, 7) is 2.51. The Bertz CT molecular complexity index is 821. The number of aromatic nitrogens is 1. The number of amides is 1. The van der Waals surface area contributed by atoms with Crippen molar-refractivity contribution in [1.29, 1.82) is 0 Å². The van der Waals surface area contributed by atoms with E-state index in [9.17, 15) is 4.79 Å². The van der Waals surface area contributed by atoms with Crippen LogP contribution >= 0.6 is 0 Å². The fourth-order valence-electron chi connectivity index (χ4n) is 2.53. The largest absolute Gasteiger partial charge is 0.380 e. The first kappa shape index (κ1) is 14.4. The molecule has 0 bridgehead atoms. The normalized spacial score (nSPS) is 10.8. The van der Waals surface area contributed by atoms with Crippen molar-refractivity contribution in [2.45, 2.75) is 13.5 Å². The highest BCUT2D eigenvalue weighted by Crippen LogP contribution is 2.20. The molecule has 22 heavy (non-hydrogen) atoms. The van der Waals surface area contributed by atoms with Crippen LogP contribution in [0.2, 0.25) is 0 Å². The number of H-pyrrole nitrogens is 1. The van der Waals surface area contributed by atoms with Gasteiger partial charge in [-0.25, -0.2) is 0 Å². The first-order chi connectivity index (χ1) is 10.7. The zero-order valence-corrected chi connectivity index (χ0v) is 12.6. The number of carbonyl (C=O) groups excluding carboxylic acids is 1. The Morgan fingerprint density at radius 1 is 1.18 bits per heavy atom. The molecule has 1 amide bonds. The summed E-state index contributed by atoms with van der Waals surface area (Å²) >= 11 is 0. The monoisotopic (exact) mass is 294 g/mol. The fourth-order valence-corrected chi connectivity index (χ4v) is 2.53. The van der Waals surface area contributed by atoms with Crippen molar-refractivity contribution in [2.24, 2.45) is 0 Å². The van der Waals surface area contributed by atoms with Crippen molar-refractivity contribution < 1.29 is 9.53 Å². The van der Waals surface area contributed by atoms with Crippen LogP contribution in [-0.4, -0.2) is 18.0 Å². The van der Waals surface area contributed by atoms with E-state index in [4.69, 9.17) is 4.74 Å². The third-order valence-electron chi connectivity index (χ3n) is 3.51. The van der Waals surface area contributed by atoms with E-state index >= 15 is 0 Å². The van der Waals surface area contributed by atoms with Crippen LogP contribution in [0, 0.1) is 6.92 Å². The van der Waals surface area contributed by atoms with E-state index in [1.165, 1.54) is 0 Å². The molecular formula is C18H18N2O2. The minimum atomic E-state index is -0.121. The highest BCUT2D eigenvalue weighted by atomic mass is 16.5. The number of aryl methyl sites for hydroxylation is 1. The van der Waals surface area contributed by atoms with Crippen molar-refractivity contribution in [2.75, 3.05) is 12.4 Å². The van der Waals surface area contributed by atoms with Crippen molar-refractivity contribution >= 4 is 22.5 Å². The Hall–Kier alpha value is -2.59. The number of rotatable bonds is 4. The minimum Gasteiger partial charge on any atom is -0.380 e. The van der Waals surface area contributed by atoms with Crippen LogP contribution in [0.25, 0.3) is 10.9 Å². The zero-order valence-electron chi connectivity index (χ0n) is 12.6. The first-order valence-corrected chi connectivity index (χ1v) is 7.14. The van der Waals surface area contributed by atoms with Crippen LogP contribution in [0.15, 0.2) is 48.5 Å². The smallest absolute Gasteiger partial charge is 0.255 e. The number of aromatic amines is 1.